The zero-order chi connectivity index (χ0) is 27.7. The highest BCUT2D eigenvalue weighted by atomic mass is 32.1. The molecule has 0 saturated carbocycles. The van der Waals surface area contributed by atoms with E-state index in [-0.39, 0.29) is 12.2 Å². The van der Waals surface area contributed by atoms with Crippen LogP contribution in [0.4, 0.5) is 0 Å². The quantitative estimate of drug-likeness (QED) is 0.114. The van der Waals surface area contributed by atoms with E-state index in [9.17, 15) is 28.8 Å². The lowest BCUT2D eigenvalue weighted by Crippen LogP contribution is -2.58. The lowest BCUT2D eigenvalue weighted by Gasteiger charge is -2.24. The number of H-pyrrole nitrogens is 1. The maximum atomic E-state index is 12.9. The van der Waals surface area contributed by atoms with Crippen molar-refractivity contribution in [3.05, 3.63) is 36.0 Å². The molecule has 0 spiro atoms. The van der Waals surface area contributed by atoms with Crippen LogP contribution in [0, 0.1) is 0 Å². The number of hydrogen-bond acceptors (Lipinski definition) is 8. The van der Waals surface area contributed by atoms with Crippen LogP contribution < -0.4 is 33.2 Å². The van der Waals surface area contributed by atoms with Gasteiger partial charge in [-0.2, -0.15) is 12.6 Å². The molecule has 0 fully saturated rings. The number of nitrogens with one attached hydrogen (secondary N) is 4. The number of carboxylic acids is 1. The van der Waals surface area contributed by atoms with Crippen molar-refractivity contribution >= 4 is 59.0 Å². The highest BCUT2D eigenvalue weighted by Gasteiger charge is 2.31. The number of hydrogen-bond donors (Lipinski definition) is 9. The summed E-state index contributed by atoms with van der Waals surface area (Å²) in [6.07, 6.45) is 0.478. The van der Waals surface area contributed by atoms with Crippen molar-refractivity contribution in [2.45, 2.75) is 43.4 Å². The van der Waals surface area contributed by atoms with Gasteiger partial charge in [-0.15, -0.1) is 0 Å². The molecule has 0 bridgehead atoms. The Bertz CT molecular complexity index is 1190. The van der Waals surface area contributed by atoms with Crippen LogP contribution in [-0.2, 0) is 35.2 Å². The van der Waals surface area contributed by atoms with E-state index in [1.807, 2.05) is 24.3 Å². The predicted octanol–water partition coefficient (Wildman–Crippen LogP) is -2.74. The van der Waals surface area contributed by atoms with Crippen molar-refractivity contribution in [3.63, 3.8) is 0 Å². The molecule has 14 nitrogen and oxygen atoms in total. The van der Waals surface area contributed by atoms with Gasteiger partial charge in [-0.25, -0.2) is 4.79 Å². The van der Waals surface area contributed by atoms with Gasteiger partial charge in [0.25, 0.3) is 0 Å². The van der Waals surface area contributed by atoms with E-state index >= 15 is 0 Å². The molecule has 200 valence electrons. The molecule has 2 rings (SSSR count). The Labute approximate surface area is 216 Å². The van der Waals surface area contributed by atoms with Gasteiger partial charge >= 0.3 is 5.97 Å². The van der Waals surface area contributed by atoms with Crippen molar-refractivity contribution < 1.29 is 33.9 Å². The Balaban J connectivity index is 2.13. The Morgan fingerprint density at radius 2 is 1.38 bits per heavy atom. The van der Waals surface area contributed by atoms with Gasteiger partial charge in [0.2, 0.25) is 29.5 Å². The summed E-state index contributed by atoms with van der Waals surface area (Å²) in [5.41, 5.74) is 18.0. The van der Waals surface area contributed by atoms with Gasteiger partial charge in [0.15, 0.2) is 0 Å². The number of aromatic amines is 1. The largest absolute Gasteiger partial charge is 0.480 e. The van der Waals surface area contributed by atoms with Crippen molar-refractivity contribution in [3.8, 4) is 0 Å². The van der Waals surface area contributed by atoms with Crippen LogP contribution in [0.25, 0.3) is 10.9 Å². The third-order valence-corrected chi connectivity index (χ3v) is 5.69. The van der Waals surface area contributed by atoms with Gasteiger partial charge in [0.1, 0.15) is 18.1 Å². The Morgan fingerprint density at radius 1 is 0.865 bits per heavy atom. The summed E-state index contributed by atoms with van der Waals surface area (Å²) in [6.45, 7) is 0. The van der Waals surface area contributed by atoms with Crippen molar-refractivity contribution in [1.29, 1.82) is 0 Å². The molecule has 5 amide bonds. The number of rotatable bonds is 14. The maximum Gasteiger partial charge on any atom is 0.327 e. The zero-order valence-electron chi connectivity index (χ0n) is 19.6. The number of para-hydroxylation sites is 1. The predicted molar refractivity (Wildman–Crippen MR) is 135 cm³/mol. The highest BCUT2D eigenvalue weighted by molar-refractivity contribution is 7.80. The first-order chi connectivity index (χ1) is 17.4. The molecule has 4 unspecified atom stereocenters. The van der Waals surface area contributed by atoms with Crippen LogP contribution in [0.3, 0.4) is 0 Å². The van der Waals surface area contributed by atoms with E-state index in [0.29, 0.717) is 0 Å². The molecule has 1 aromatic heterocycles. The fourth-order valence-corrected chi connectivity index (χ4v) is 3.71. The standard InChI is InChI=1S/C22H29N7O7S/c23-12(5-10-8-26-13-4-2-1-3-11(10)13)19(32)27-14(6-17(24)30)20(33)28-15(7-18(25)31)21(34)29-16(9-37)22(35)36/h1-4,8,12,14-16,26,37H,5-7,9,23H2,(H2,24,30)(H2,25,31)(H,27,32)(H,28,33)(H,29,34)(H,35,36). The second-order valence-electron chi connectivity index (χ2n) is 8.22. The van der Waals surface area contributed by atoms with Crippen LogP contribution in [0.15, 0.2) is 30.5 Å². The molecule has 1 aromatic carbocycles. The van der Waals surface area contributed by atoms with E-state index in [4.69, 9.17) is 22.3 Å². The van der Waals surface area contributed by atoms with Gasteiger partial charge < -0.3 is 43.2 Å². The Hall–Kier alpha value is -4.11. The van der Waals surface area contributed by atoms with Crippen molar-refractivity contribution in [1.82, 2.24) is 20.9 Å². The first-order valence-electron chi connectivity index (χ1n) is 11.0. The fraction of sp³-hybridized carbons (Fsp3) is 0.364. The summed E-state index contributed by atoms with van der Waals surface area (Å²) in [4.78, 5) is 75.4. The summed E-state index contributed by atoms with van der Waals surface area (Å²) in [7, 11) is 0. The molecule has 2 aromatic rings. The van der Waals surface area contributed by atoms with Crippen LogP contribution in [0.5, 0.6) is 0 Å². The van der Waals surface area contributed by atoms with E-state index in [0.717, 1.165) is 16.5 Å². The third-order valence-electron chi connectivity index (χ3n) is 5.33. The third kappa shape index (κ3) is 8.50. The minimum atomic E-state index is -1.60. The van der Waals surface area contributed by atoms with E-state index in [1.54, 1.807) is 6.20 Å². The van der Waals surface area contributed by atoms with Gasteiger partial charge in [0.05, 0.1) is 18.9 Å². The second kappa shape index (κ2) is 13.3. The van der Waals surface area contributed by atoms with Gasteiger partial charge in [0, 0.05) is 22.9 Å². The normalized spacial score (nSPS) is 14.1. The van der Waals surface area contributed by atoms with E-state index in [2.05, 4.69) is 33.6 Å². The molecule has 0 aliphatic heterocycles. The monoisotopic (exact) mass is 535 g/mol. The molecular weight excluding hydrogens is 506 g/mol. The molecule has 4 atom stereocenters. The number of aromatic nitrogens is 1. The number of thiol groups is 1. The molecule has 0 aliphatic rings. The zero-order valence-corrected chi connectivity index (χ0v) is 20.5. The Kier molecular flexibility index (Phi) is 10.4. The minimum Gasteiger partial charge on any atom is -0.480 e. The number of carbonyl (C=O) groups is 6. The molecule has 0 saturated heterocycles. The number of nitrogens with two attached hydrogens (primary N) is 3. The van der Waals surface area contributed by atoms with E-state index in [1.165, 1.54) is 0 Å². The molecule has 0 aliphatic carbocycles. The number of fused-ring (bicyclic) bond motifs is 1. The summed E-state index contributed by atoms with van der Waals surface area (Å²) in [6, 6.07) is 1.71. The summed E-state index contributed by atoms with van der Waals surface area (Å²) in [5, 5.41) is 16.6. The van der Waals surface area contributed by atoms with Crippen LogP contribution in [-0.4, -0.2) is 75.5 Å². The summed E-state index contributed by atoms with van der Waals surface area (Å²) >= 11 is 3.83. The van der Waals surface area contributed by atoms with Crippen LogP contribution in [0.2, 0.25) is 0 Å². The average Bonchev–Trinajstić information content (AvgIpc) is 3.23. The van der Waals surface area contributed by atoms with Crippen LogP contribution >= 0.6 is 12.6 Å². The smallest absolute Gasteiger partial charge is 0.327 e. The average molecular weight is 536 g/mol. The number of amides is 5. The molecule has 1 heterocycles. The molecule has 11 N–H and O–H groups in total. The maximum absolute atomic E-state index is 12.9. The van der Waals surface area contributed by atoms with E-state index < -0.39 is 72.5 Å². The summed E-state index contributed by atoms with van der Waals surface area (Å²) < 4.78 is 0. The lowest BCUT2D eigenvalue weighted by molar-refractivity contribution is -0.142. The number of aliphatic carboxylic acids is 1. The number of carboxylic acid groups (broad SMARTS) is 1. The SMILES string of the molecule is NC(=O)CC(NC(=O)C(N)Cc1c[nH]c2ccccc12)C(=O)NC(CC(N)=O)C(=O)NC(CS)C(=O)O. The fourth-order valence-electron chi connectivity index (χ4n) is 3.46. The van der Waals surface area contributed by atoms with Crippen LogP contribution in [0.1, 0.15) is 18.4 Å². The Morgan fingerprint density at radius 3 is 1.89 bits per heavy atom. The number of primary amides is 2. The first-order valence-corrected chi connectivity index (χ1v) is 11.7. The molecule has 15 heteroatoms. The molecule has 37 heavy (non-hydrogen) atoms. The topological polar surface area (TPSA) is 253 Å². The second-order valence-corrected chi connectivity index (χ2v) is 8.58. The highest BCUT2D eigenvalue weighted by Crippen LogP contribution is 2.18. The summed E-state index contributed by atoms with van der Waals surface area (Å²) in [5.74, 6) is -6.43. The molecular formula is C22H29N7O7S. The first kappa shape index (κ1) is 29.1. The van der Waals surface area contributed by atoms with Crippen molar-refractivity contribution in [2.24, 2.45) is 17.2 Å². The number of carbonyl (C=O) groups excluding carboxylic acids is 5. The van der Waals surface area contributed by atoms with Gasteiger partial charge in [-0.05, 0) is 18.1 Å². The minimum absolute atomic E-state index is 0.105. The van der Waals surface area contributed by atoms with Gasteiger partial charge in [-0.1, -0.05) is 18.2 Å². The lowest BCUT2D eigenvalue weighted by atomic mass is 10.0. The van der Waals surface area contributed by atoms with Gasteiger partial charge in [-0.3, -0.25) is 24.0 Å². The number of benzene rings is 1. The van der Waals surface area contributed by atoms with Crippen molar-refractivity contribution in [2.75, 3.05) is 5.75 Å². The molecule has 0 radical (unpaired) electrons.